The molecule has 0 spiro atoms. The van der Waals surface area contributed by atoms with Crippen LogP contribution in [0.5, 0.6) is 0 Å². The highest BCUT2D eigenvalue weighted by molar-refractivity contribution is 9.09. The van der Waals surface area contributed by atoms with Gasteiger partial charge in [-0.2, -0.15) is 0 Å². The third-order valence-corrected chi connectivity index (χ3v) is 1.89. The van der Waals surface area contributed by atoms with E-state index >= 15 is 0 Å². The minimum Gasteiger partial charge on any atom is -0.207 e. The third kappa shape index (κ3) is 4.95. The van der Waals surface area contributed by atoms with Crippen LogP contribution in [0.1, 0.15) is 26.2 Å². The molecule has 0 nitrogen and oxygen atoms in total. The average Bonchev–Trinajstić information content (AvgIpc) is 1.85. The van der Waals surface area contributed by atoms with E-state index in [9.17, 15) is 17.6 Å². The summed E-state index contributed by atoms with van der Waals surface area (Å²) >= 11 is 2.79. The van der Waals surface area contributed by atoms with Crippen LogP contribution in [0.3, 0.4) is 0 Å². The van der Waals surface area contributed by atoms with E-state index in [1.54, 1.807) is 0 Å². The summed E-state index contributed by atoms with van der Waals surface area (Å²) in [5, 5.41) is 0.0415. The van der Waals surface area contributed by atoms with Crippen molar-refractivity contribution in [1.82, 2.24) is 0 Å². The highest BCUT2D eigenvalue weighted by atomic mass is 79.9. The van der Waals surface area contributed by atoms with Gasteiger partial charge in [-0.25, -0.2) is 17.6 Å². The molecule has 0 rings (SSSR count). The van der Waals surface area contributed by atoms with Crippen molar-refractivity contribution in [2.45, 2.75) is 38.0 Å². The summed E-state index contributed by atoms with van der Waals surface area (Å²) in [6, 6.07) is 0. The van der Waals surface area contributed by atoms with Gasteiger partial charge in [-0.15, -0.1) is 0 Å². The fraction of sp³-hybridized carbons (Fsp3) is 1.00. The summed E-state index contributed by atoms with van der Waals surface area (Å²) in [4.78, 5) is 0. The van der Waals surface area contributed by atoms with Gasteiger partial charge in [-0.1, -0.05) is 22.9 Å². The zero-order valence-electron chi connectivity index (χ0n) is 6.72. The number of halogens is 5. The van der Waals surface area contributed by atoms with Crippen LogP contribution in [0.2, 0.25) is 0 Å². The molecule has 0 aliphatic carbocycles. The van der Waals surface area contributed by atoms with Gasteiger partial charge in [0.15, 0.2) is 0 Å². The van der Waals surface area contributed by atoms with E-state index < -0.39 is 31.1 Å². The first-order valence-corrected chi connectivity index (χ1v) is 4.77. The zero-order chi connectivity index (χ0) is 9.83. The first-order chi connectivity index (χ1) is 5.33. The smallest absolute Gasteiger partial charge is 0.207 e. The van der Waals surface area contributed by atoms with Crippen LogP contribution >= 0.6 is 15.9 Å². The van der Waals surface area contributed by atoms with Crippen molar-refractivity contribution in [3.8, 4) is 0 Å². The highest BCUT2D eigenvalue weighted by Gasteiger charge is 2.41. The lowest BCUT2D eigenvalue weighted by molar-refractivity contribution is -0.112. The molecule has 0 heterocycles. The number of rotatable bonds is 5. The lowest BCUT2D eigenvalue weighted by Gasteiger charge is -2.21. The Morgan fingerprint density at radius 1 is 1.08 bits per heavy atom. The quantitative estimate of drug-likeness (QED) is 0.514. The molecule has 0 bridgehead atoms. The lowest BCUT2D eigenvalue weighted by Crippen LogP contribution is -2.28. The molecule has 0 amide bonds. The Kier molecular flexibility index (Phi) is 4.51. The van der Waals surface area contributed by atoms with Gasteiger partial charge in [0.1, 0.15) is 0 Å². The Hall–Kier alpha value is 0.200. The minimum atomic E-state index is -3.26. The van der Waals surface area contributed by atoms with E-state index in [4.69, 9.17) is 0 Å². The molecule has 0 N–H and O–H groups in total. The first-order valence-electron chi connectivity index (χ1n) is 3.64. The topological polar surface area (TPSA) is 0 Å². The summed E-state index contributed by atoms with van der Waals surface area (Å²) in [5.41, 5.74) is 0. The van der Waals surface area contributed by atoms with E-state index in [0.717, 1.165) is 0 Å². The molecular weight excluding hydrogens is 240 g/mol. The molecule has 0 aliphatic heterocycles. The predicted molar refractivity (Wildman–Crippen MR) is 43.2 cm³/mol. The second-order valence-electron chi connectivity index (χ2n) is 2.68. The third-order valence-electron chi connectivity index (χ3n) is 1.49. The van der Waals surface area contributed by atoms with Gasteiger partial charge >= 0.3 is 0 Å². The van der Waals surface area contributed by atoms with Crippen molar-refractivity contribution in [2.24, 2.45) is 0 Å². The van der Waals surface area contributed by atoms with Crippen LogP contribution in [0.15, 0.2) is 0 Å². The van der Waals surface area contributed by atoms with E-state index in [1.165, 1.54) is 6.92 Å². The molecule has 0 atom stereocenters. The SMILES string of the molecule is CCC(F)(F)CC(F)(F)CCBr. The molecule has 0 fully saturated rings. The molecule has 0 aromatic heterocycles. The maximum absolute atomic E-state index is 12.6. The van der Waals surface area contributed by atoms with Crippen LogP contribution in [-0.4, -0.2) is 17.2 Å². The molecule has 0 aromatic rings. The van der Waals surface area contributed by atoms with Gasteiger partial charge < -0.3 is 0 Å². The number of hydrogen-bond acceptors (Lipinski definition) is 0. The van der Waals surface area contributed by atoms with Crippen molar-refractivity contribution >= 4 is 15.9 Å². The van der Waals surface area contributed by atoms with E-state index in [0.29, 0.717) is 0 Å². The summed E-state index contributed by atoms with van der Waals surface area (Å²) < 4.78 is 50.1. The van der Waals surface area contributed by atoms with Gasteiger partial charge in [0.25, 0.3) is 11.8 Å². The molecule has 0 aliphatic rings. The number of hydrogen-bond donors (Lipinski definition) is 0. The average molecular weight is 251 g/mol. The molecule has 0 radical (unpaired) electrons. The van der Waals surface area contributed by atoms with Crippen LogP contribution in [0, 0.1) is 0 Å². The lowest BCUT2D eigenvalue weighted by atomic mass is 10.1. The molecular formula is C7H11BrF4. The normalized spacial score (nSPS) is 13.5. The fourth-order valence-corrected chi connectivity index (χ4v) is 1.31. The molecule has 74 valence electrons. The minimum absolute atomic E-state index is 0.0415. The summed E-state index contributed by atoms with van der Waals surface area (Å²) in [6.07, 6.45) is -2.42. The molecule has 0 saturated carbocycles. The fourth-order valence-electron chi connectivity index (χ4n) is 0.730. The molecule has 12 heavy (non-hydrogen) atoms. The highest BCUT2D eigenvalue weighted by Crippen LogP contribution is 2.35. The van der Waals surface area contributed by atoms with Crippen LogP contribution in [0.4, 0.5) is 17.6 Å². The Morgan fingerprint density at radius 3 is 1.92 bits per heavy atom. The van der Waals surface area contributed by atoms with Crippen molar-refractivity contribution in [2.75, 3.05) is 5.33 Å². The van der Waals surface area contributed by atoms with Crippen LogP contribution in [-0.2, 0) is 0 Å². The van der Waals surface area contributed by atoms with E-state index in [2.05, 4.69) is 15.9 Å². The van der Waals surface area contributed by atoms with Crippen LogP contribution in [0.25, 0.3) is 0 Å². The molecule has 0 unspecified atom stereocenters. The van der Waals surface area contributed by atoms with Gasteiger partial charge in [-0.05, 0) is 0 Å². The maximum Gasteiger partial charge on any atom is 0.254 e. The van der Waals surface area contributed by atoms with Crippen LogP contribution < -0.4 is 0 Å². The Bertz CT molecular complexity index is 135. The molecule has 0 saturated heterocycles. The van der Waals surface area contributed by atoms with Gasteiger partial charge in [-0.3, -0.25) is 0 Å². The second-order valence-corrected chi connectivity index (χ2v) is 3.47. The van der Waals surface area contributed by atoms with Crippen molar-refractivity contribution in [3.05, 3.63) is 0 Å². The Balaban J connectivity index is 4.04. The first kappa shape index (κ1) is 12.2. The van der Waals surface area contributed by atoms with E-state index in [1.807, 2.05) is 0 Å². The summed E-state index contributed by atoms with van der Waals surface area (Å²) in [5.74, 6) is -6.51. The van der Waals surface area contributed by atoms with Crippen molar-refractivity contribution in [1.29, 1.82) is 0 Å². The summed E-state index contributed by atoms with van der Waals surface area (Å²) in [6.45, 7) is 1.20. The predicted octanol–water partition coefficient (Wildman–Crippen LogP) is 3.84. The molecule has 0 aromatic carbocycles. The number of alkyl halides is 5. The Labute approximate surface area is 77.5 Å². The second kappa shape index (κ2) is 4.44. The van der Waals surface area contributed by atoms with Gasteiger partial charge in [0.05, 0.1) is 6.42 Å². The van der Waals surface area contributed by atoms with Crippen molar-refractivity contribution in [3.63, 3.8) is 0 Å². The van der Waals surface area contributed by atoms with Gasteiger partial charge in [0.2, 0.25) is 0 Å². The molecule has 5 heteroatoms. The monoisotopic (exact) mass is 250 g/mol. The zero-order valence-corrected chi connectivity index (χ0v) is 8.30. The van der Waals surface area contributed by atoms with E-state index in [-0.39, 0.29) is 5.33 Å². The van der Waals surface area contributed by atoms with Crippen molar-refractivity contribution < 1.29 is 17.6 Å². The summed E-state index contributed by atoms with van der Waals surface area (Å²) in [7, 11) is 0. The standard InChI is InChI=1S/C7H11BrF4/c1-2-6(9,10)5-7(11,12)3-4-8/h2-5H2,1H3. The van der Waals surface area contributed by atoms with Gasteiger partial charge in [0, 0.05) is 18.2 Å². The largest absolute Gasteiger partial charge is 0.254 e. The maximum atomic E-state index is 12.6. The Morgan fingerprint density at radius 2 is 1.58 bits per heavy atom.